The lowest BCUT2D eigenvalue weighted by Crippen LogP contribution is -2.48. The van der Waals surface area contributed by atoms with Gasteiger partial charge in [-0.2, -0.15) is 0 Å². The summed E-state index contributed by atoms with van der Waals surface area (Å²) in [6.45, 7) is 2.89. The third-order valence-corrected chi connectivity index (χ3v) is 7.67. The van der Waals surface area contributed by atoms with Crippen LogP contribution in [0.3, 0.4) is 0 Å². The molecule has 4 aromatic rings. The number of halogens is 1. The summed E-state index contributed by atoms with van der Waals surface area (Å²) < 4.78 is 17.4. The number of nitrogens with two attached hydrogens (primary N) is 1. The number of methoxy groups -OCH3 is 1. The molecule has 0 spiro atoms. The number of carbonyl (C=O) groups is 3. The molecule has 6 rings (SSSR count). The summed E-state index contributed by atoms with van der Waals surface area (Å²) in [6, 6.07) is 12.4. The van der Waals surface area contributed by atoms with Crippen LogP contribution in [0.5, 0.6) is 11.5 Å². The number of fused-ring (bicyclic) bond motifs is 16. The van der Waals surface area contributed by atoms with E-state index in [0.717, 1.165) is 16.5 Å². The van der Waals surface area contributed by atoms with Gasteiger partial charge in [0.1, 0.15) is 17.5 Å². The topological polar surface area (TPSA) is 165 Å². The monoisotopic (exact) mass is 638 g/mol. The number of ether oxygens (including phenoxy) is 2. The van der Waals surface area contributed by atoms with Crippen LogP contribution in [0.15, 0.2) is 53.1 Å². The molecular weight excluding hydrogens is 600 g/mol. The summed E-state index contributed by atoms with van der Waals surface area (Å²) in [5.74, 6) is 1.17. The highest BCUT2D eigenvalue weighted by Gasteiger charge is 2.24. The average molecular weight is 639 g/mol. The quantitative estimate of drug-likeness (QED) is 0.264. The van der Waals surface area contributed by atoms with Gasteiger partial charge >= 0.3 is 0 Å². The van der Waals surface area contributed by atoms with E-state index >= 15 is 0 Å². The van der Waals surface area contributed by atoms with Crippen molar-refractivity contribution in [2.45, 2.75) is 45.2 Å². The minimum atomic E-state index is -0.835. The second-order valence-electron chi connectivity index (χ2n) is 10.7. The second kappa shape index (κ2) is 15.4. The van der Waals surface area contributed by atoms with Crippen molar-refractivity contribution >= 4 is 41.0 Å². The van der Waals surface area contributed by atoms with Gasteiger partial charge in [-0.3, -0.25) is 14.4 Å². The number of aromatic amines is 1. The Morgan fingerprint density at radius 1 is 1.16 bits per heavy atom. The van der Waals surface area contributed by atoms with E-state index in [0.29, 0.717) is 66.9 Å². The summed E-state index contributed by atoms with van der Waals surface area (Å²) in [4.78, 5) is 48.6. The van der Waals surface area contributed by atoms with Gasteiger partial charge in [-0.1, -0.05) is 18.2 Å². The van der Waals surface area contributed by atoms with Crippen molar-refractivity contribution in [2.75, 3.05) is 33.4 Å². The van der Waals surface area contributed by atoms with Gasteiger partial charge in [0.2, 0.25) is 23.6 Å². The van der Waals surface area contributed by atoms with E-state index in [2.05, 4.69) is 20.6 Å². The summed E-state index contributed by atoms with van der Waals surface area (Å²) in [6.07, 6.45) is 3.25. The van der Waals surface area contributed by atoms with E-state index in [9.17, 15) is 14.4 Å². The maximum Gasteiger partial charge on any atom is 0.243 e. The summed E-state index contributed by atoms with van der Waals surface area (Å²) in [5, 5.41) is 6.82. The molecule has 12 nitrogen and oxygen atoms in total. The van der Waals surface area contributed by atoms with E-state index in [4.69, 9.17) is 19.6 Å². The first-order valence-corrected chi connectivity index (χ1v) is 14.7. The zero-order valence-corrected chi connectivity index (χ0v) is 26.2. The average Bonchev–Trinajstić information content (AvgIpc) is 3.62. The number of para-hydroxylation sites is 1. The number of rotatable bonds is 4. The lowest BCUT2D eigenvalue weighted by atomic mass is 10.0. The van der Waals surface area contributed by atoms with Crippen LogP contribution in [0.4, 0.5) is 0 Å². The smallest absolute Gasteiger partial charge is 0.243 e. The number of amides is 3. The zero-order valence-electron chi connectivity index (χ0n) is 25.4. The second-order valence-corrected chi connectivity index (χ2v) is 10.7. The Morgan fingerprint density at radius 2 is 1.96 bits per heavy atom. The first-order chi connectivity index (χ1) is 21.4. The molecule has 4 bridgehead atoms. The number of hydrogen-bond acceptors (Lipinski definition) is 8. The Bertz CT molecular complexity index is 1640. The number of hydrogen-bond donors (Lipinski definition) is 4. The molecule has 0 unspecified atom stereocenters. The van der Waals surface area contributed by atoms with Crippen molar-refractivity contribution in [3.63, 3.8) is 0 Å². The first kappa shape index (κ1) is 33.3. The van der Waals surface area contributed by atoms with Crippen LogP contribution in [0.1, 0.15) is 36.3 Å². The van der Waals surface area contributed by atoms with Crippen LogP contribution in [0.25, 0.3) is 22.4 Å². The van der Waals surface area contributed by atoms with E-state index < -0.39 is 6.04 Å². The highest BCUT2D eigenvalue weighted by atomic mass is 35.5. The molecule has 240 valence electrons. The zero-order chi connectivity index (χ0) is 31.1. The number of nitrogens with zero attached hydrogens (tertiary/aromatic N) is 2. The van der Waals surface area contributed by atoms with Crippen molar-refractivity contribution < 1.29 is 28.3 Å². The molecule has 0 fully saturated rings. The molecule has 1 atom stereocenters. The number of oxazole rings is 1. The molecule has 45 heavy (non-hydrogen) atoms. The highest BCUT2D eigenvalue weighted by molar-refractivity contribution is 5.89. The number of benzene rings is 2. The molecule has 13 heteroatoms. The molecule has 4 heterocycles. The maximum atomic E-state index is 13.5. The number of carbonyl (C=O) groups excluding carboxylic acids is 3. The van der Waals surface area contributed by atoms with Crippen molar-refractivity contribution in [2.24, 2.45) is 5.73 Å². The Balaban J connectivity index is 0.00000461. The fourth-order valence-corrected chi connectivity index (χ4v) is 5.28. The van der Waals surface area contributed by atoms with Gasteiger partial charge < -0.3 is 40.1 Å². The number of H-pyrrole nitrogens is 1. The molecule has 2 aliphatic heterocycles. The van der Waals surface area contributed by atoms with Crippen LogP contribution in [0.2, 0.25) is 0 Å². The van der Waals surface area contributed by atoms with Crippen LogP contribution >= 0.6 is 12.4 Å². The fraction of sp³-hybridized carbons (Fsp3) is 0.375. The van der Waals surface area contributed by atoms with E-state index in [1.54, 1.807) is 31.1 Å². The van der Waals surface area contributed by atoms with Gasteiger partial charge in [-0.05, 0) is 49.6 Å². The molecule has 0 aliphatic carbocycles. The van der Waals surface area contributed by atoms with Crippen LogP contribution in [0, 0.1) is 6.92 Å². The number of aryl methyl sites for hydroxylation is 1. The Labute approximate surface area is 267 Å². The Morgan fingerprint density at radius 3 is 2.76 bits per heavy atom. The third-order valence-electron chi connectivity index (χ3n) is 7.67. The lowest BCUT2D eigenvalue weighted by Gasteiger charge is -2.23. The predicted molar refractivity (Wildman–Crippen MR) is 171 cm³/mol. The van der Waals surface area contributed by atoms with Crippen molar-refractivity contribution in [3.8, 4) is 23.0 Å². The fourth-order valence-electron chi connectivity index (χ4n) is 5.28. The molecule has 0 saturated heterocycles. The van der Waals surface area contributed by atoms with E-state index in [-0.39, 0.29) is 56.1 Å². The molecule has 5 N–H and O–H groups in total. The van der Waals surface area contributed by atoms with Gasteiger partial charge in [0.05, 0.1) is 26.8 Å². The summed E-state index contributed by atoms with van der Waals surface area (Å²) in [5.41, 5.74) is 8.76. The molecule has 2 aliphatic rings. The van der Waals surface area contributed by atoms with Crippen molar-refractivity contribution in [1.82, 2.24) is 25.5 Å². The minimum Gasteiger partial charge on any atom is -0.493 e. The molecular formula is C32H39ClN6O6. The Kier molecular flexibility index (Phi) is 11.4. The maximum absolute atomic E-state index is 13.5. The van der Waals surface area contributed by atoms with Gasteiger partial charge in [0.15, 0.2) is 11.5 Å². The summed E-state index contributed by atoms with van der Waals surface area (Å²) in [7, 11) is 1.55. The standard InChI is InChI=1S/C32H38N6O6.ClH/c1-20-26-19-35-31(41)25(15-22-18-34-24-8-4-3-7-23(22)24)36-29(39)9-5-12-38(30(40)17-33)13-6-14-43-27-11-10-21(16-28(27)42-2)32(37-26)44-20;/h3-4,7-8,10-11,16,18,25,34H,5-6,9,12-15,17,19,33H2,1-2H3,(H,35,41)(H,36,39);1H/t25-;/m0./s1. The van der Waals surface area contributed by atoms with Crippen LogP contribution in [-0.4, -0.2) is 72.0 Å². The van der Waals surface area contributed by atoms with Gasteiger partial charge in [-0.25, -0.2) is 4.98 Å². The number of nitrogens with one attached hydrogen (secondary N) is 3. The van der Waals surface area contributed by atoms with Crippen molar-refractivity contribution in [1.29, 1.82) is 0 Å². The van der Waals surface area contributed by atoms with Gasteiger partial charge in [-0.15, -0.1) is 12.4 Å². The summed E-state index contributed by atoms with van der Waals surface area (Å²) >= 11 is 0. The third kappa shape index (κ3) is 8.14. The molecule has 0 saturated carbocycles. The van der Waals surface area contributed by atoms with Crippen molar-refractivity contribution in [3.05, 3.63) is 65.7 Å². The van der Waals surface area contributed by atoms with Gasteiger partial charge in [0.25, 0.3) is 0 Å². The van der Waals surface area contributed by atoms with Gasteiger partial charge in [0, 0.05) is 48.6 Å². The van der Waals surface area contributed by atoms with E-state index in [1.807, 2.05) is 36.5 Å². The minimum absolute atomic E-state index is 0. The predicted octanol–water partition coefficient (Wildman–Crippen LogP) is 3.26. The largest absolute Gasteiger partial charge is 0.493 e. The molecule has 2 aromatic carbocycles. The number of aromatic nitrogens is 2. The van der Waals surface area contributed by atoms with E-state index in [1.165, 1.54) is 0 Å². The normalized spacial score (nSPS) is 16.6. The lowest BCUT2D eigenvalue weighted by molar-refractivity contribution is -0.131. The van der Waals surface area contributed by atoms with Crippen LogP contribution < -0.4 is 25.8 Å². The molecule has 0 radical (unpaired) electrons. The first-order valence-electron chi connectivity index (χ1n) is 14.7. The molecule has 2 aromatic heterocycles. The van der Waals surface area contributed by atoms with Crippen LogP contribution in [-0.2, 0) is 27.3 Å². The highest BCUT2D eigenvalue weighted by Crippen LogP contribution is 2.33. The SMILES string of the molecule is COc1cc2ccc1OCCCN(C(=O)CN)CCCC(=O)N[C@@H](Cc1c[nH]c3ccccc13)C(=O)NCc1nc-2oc1C.Cl. The Hall–Kier alpha value is -4.55. The molecule has 3 amide bonds.